The predicted octanol–water partition coefficient (Wildman–Crippen LogP) is 3.54. The van der Waals surface area contributed by atoms with Crippen LogP contribution in [0.15, 0.2) is 18.2 Å². The normalized spacial score (nSPS) is 17.6. The molecule has 0 aromatic heterocycles. The molecule has 0 heterocycles. The van der Waals surface area contributed by atoms with Gasteiger partial charge >= 0.3 is 0 Å². The summed E-state index contributed by atoms with van der Waals surface area (Å²) in [6, 6.07) is 7.54. The van der Waals surface area contributed by atoms with E-state index in [-0.39, 0.29) is 0 Å². The Morgan fingerprint density at radius 2 is 1.69 bits per heavy atom. The maximum Gasteiger partial charge on any atom is 0.0208 e. The maximum absolute atomic E-state index is 3.67. The maximum atomic E-state index is 3.67. The lowest BCUT2D eigenvalue weighted by Crippen LogP contribution is -2.30. The minimum absolute atomic E-state index is 0.728. The van der Waals surface area contributed by atoms with Crippen LogP contribution in [0.5, 0.6) is 0 Å². The van der Waals surface area contributed by atoms with Crippen LogP contribution in [0.25, 0.3) is 0 Å². The third-order valence-electron chi connectivity index (χ3n) is 3.31. The summed E-state index contributed by atoms with van der Waals surface area (Å²) >= 11 is 0. The van der Waals surface area contributed by atoms with Crippen LogP contribution >= 0.6 is 0 Å². The van der Waals surface area contributed by atoms with Crippen molar-refractivity contribution in [1.29, 1.82) is 0 Å². The second kappa shape index (κ2) is 5.49. The van der Waals surface area contributed by atoms with Gasteiger partial charge in [0.2, 0.25) is 0 Å². The van der Waals surface area contributed by atoms with Gasteiger partial charge in [0.15, 0.2) is 0 Å². The van der Waals surface area contributed by atoms with Crippen LogP contribution < -0.4 is 5.32 Å². The van der Waals surface area contributed by atoms with E-state index in [1.807, 2.05) is 0 Å². The van der Waals surface area contributed by atoms with Crippen molar-refractivity contribution in [1.82, 2.24) is 5.32 Å². The molecule has 0 aliphatic heterocycles. The molecule has 1 aromatic rings. The highest BCUT2D eigenvalue weighted by Gasteiger charge is 2.12. The third kappa shape index (κ3) is 3.34. The number of hydrogen-bond acceptors (Lipinski definition) is 1. The molecule has 0 amide bonds. The Labute approximate surface area is 99.3 Å². The summed E-state index contributed by atoms with van der Waals surface area (Å²) in [5.41, 5.74) is 4.16. The first-order valence-corrected chi connectivity index (χ1v) is 6.36. The standard InChI is InChI=1S/C15H22N/c1-12-8-13(2)10-14(9-12)11-16-15-6-4-3-5-7-15/h3,8-10,15-16H,4-7,11H2,1-2H3. The topological polar surface area (TPSA) is 12.0 Å². The van der Waals surface area contributed by atoms with E-state index in [4.69, 9.17) is 0 Å². The van der Waals surface area contributed by atoms with E-state index >= 15 is 0 Å². The van der Waals surface area contributed by atoms with Gasteiger partial charge in [-0.25, -0.2) is 0 Å². The zero-order valence-corrected chi connectivity index (χ0v) is 10.4. The number of rotatable bonds is 3. The molecular formula is C15H22N. The first kappa shape index (κ1) is 11.7. The molecule has 1 aromatic carbocycles. The van der Waals surface area contributed by atoms with Crippen LogP contribution in [0.4, 0.5) is 0 Å². The van der Waals surface area contributed by atoms with Crippen molar-refractivity contribution in [3.05, 3.63) is 41.3 Å². The fourth-order valence-electron chi connectivity index (χ4n) is 2.56. The van der Waals surface area contributed by atoms with E-state index in [0.29, 0.717) is 0 Å². The molecule has 16 heavy (non-hydrogen) atoms. The van der Waals surface area contributed by atoms with Crippen molar-refractivity contribution >= 4 is 0 Å². The van der Waals surface area contributed by atoms with Crippen LogP contribution in [0, 0.1) is 20.3 Å². The minimum atomic E-state index is 0.728. The Bertz CT molecular complexity index is 317. The van der Waals surface area contributed by atoms with Crippen LogP contribution in [0.2, 0.25) is 0 Å². The number of hydrogen-bond donors (Lipinski definition) is 1. The summed E-state index contributed by atoms with van der Waals surface area (Å²) in [6.45, 7) is 5.37. The molecule has 1 aliphatic rings. The molecule has 0 bridgehead atoms. The molecule has 0 saturated heterocycles. The summed E-state index contributed by atoms with van der Waals surface area (Å²) in [6.07, 6.45) is 7.60. The van der Waals surface area contributed by atoms with Gasteiger partial charge in [0.1, 0.15) is 0 Å². The van der Waals surface area contributed by atoms with E-state index in [1.165, 1.54) is 42.4 Å². The zero-order valence-electron chi connectivity index (χ0n) is 10.4. The number of aryl methyl sites for hydroxylation is 2. The lowest BCUT2D eigenvalue weighted by molar-refractivity contribution is 0.414. The quantitative estimate of drug-likeness (QED) is 0.815. The van der Waals surface area contributed by atoms with Crippen molar-refractivity contribution in [2.45, 2.75) is 52.1 Å². The fourth-order valence-corrected chi connectivity index (χ4v) is 2.56. The molecule has 1 aliphatic carbocycles. The summed E-state index contributed by atoms with van der Waals surface area (Å²) < 4.78 is 0. The molecule has 0 spiro atoms. The Hall–Kier alpha value is -0.820. The monoisotopic (exact) mass is 216 g/mol. The average molecular weight is 216 g/mol. The molecule has 1 heteroatoms. The largest absolute Gasteiger partial charge is 0.310 e. The Morgan fingerprint density at radius 3 is 2.31 bits per heavy atom. The summed E-state index contributed by atoms with van der Waals surface area (Å²) in [5.74, 6) is 0. The van der Waals surface area contributed by atoms with Crippen LogP contribution in [0.1, 0.15) is 42.4 Å². The molecular weight excluding hydrogens is 194 g/mol. The highest BCUT2D eigenvalue weighted by Crippen LogP contribution is 2.17. The Kier molecular flexibility index (Phi) is 4.00. The van der Waals surface area contributed by atoms with Crippen LogP contribution in [0.3, 0.4) is 0 Å². The molecule has 1 radical (unpaired) electrons. The summed E-state index contributed by atoms with van der Waals surface area (Å²) in [5, 5.41) is 3.67. The molecule has 0 unspecified atom stereocenters. The zero-order chi connectivity index (χ0) is 11.4. The van der Waals surface area contributed by atoms with Crippen molar-refractivity contribution in [3.63, 3.8) is 0 Å². The fraction of sp³-hybridized carbons (Fsp3) is 0.533. The summed E-state index contributed by atoms with van der Waals surface area (Å²) in [4.78, 5) is 0. The molecule has 1 fully saturated rings. The molecule has 1 N–H and O–H groups in total. The lowest BCUT2D eigenvalue weighted by atomic mass is 9.95. The highest BCUT2D eigenvalue weighted by molar-refractivity contribution is 5.28. The predicted molar refractivity (Wildman–Crippen MR) is 69.3 cm³/mol. The van der Waals surface area contributed by atoms with Gasteiger partial charge in [0.05, 0.1) is 0 Å². The second-order valence-corrected chi connectivity index (χ2v) is 5.02. The lowest BCUT2D eigenvalue weighted by Gasteiger charge is -2.22. The van der Waals surface area contributed by atoms with Gasteiger partial charge in [-0.1, -0.05) is 29.3 Å². The molecule has 87 valence electrons. The molecule has 1 nitrogen and oxygen atoms in total. The van der Waals surface area contributed by atoms with E-state index in [9.17, 15) is 0 Å². The van der Waals surface area contributed by atoms with Gasteiger partial charge in [-0.15, -0.1) is 0 Å². The average Bonchev–Trinajstić information content (AvgIpc) is 2.27. The van der Waals surface area contributed by atoms with Crippen molar-refractivity contribution in [3.8, 4) is 0 Å². The van der Waals surface area contributed by atoms with Gasteiger partial charge in [-0.2, -0.15) is 0 Å². The van der Waals surface area contributed by atoms with Crippen molar-refractivity contribution < 1.29 is 0 Å². The SMILES string of the molecule is Cc1cc(C)cc(CNC2CC[CH]CC2)c1. The smallest absolute Gasteiger partial charge is 0.0208 e. The second-order valence-electron chi connectivity index (χ2n) is 5.02. The highest BCUT2D eigenvalue weighted by atomic mass is 14.9. The molecule has 0 atom stereocenters. The van der Waals surface area contributed by atoms with Crippen LogP contribution in [-0.4, -0.2) is 6.04 Å². The van der Waals surface area contributed by atoms with Crippen LogP contribution in [-0.2, 0) is 6.54 Å². The Morgan fingerprint density at radius 1 is 1.06 bits per heavy atom. The van der Waals surface area contributed by atoms with E-state index in [2.05, 4.69) is 43.8 Å². The van der Waals surface area contributed by atoms with E-state index < -0.39 is 0 Å². The number of benzene rings is 1. The number of nitrogens with one attached hydrogen (secondary N) is 1. The van der Waals surface area contributed by atoms with E-state index in [0.717, 1.165) is 12.6 Å². The van der Waals surface area contributed by atoms with E-state index in [1.54, 1.807) is 0 Å². The van der Waals surface area contributed by atoms with Gasteiger partial charge in [0, 0.05) is 12.6 Å². The Balaban J connectivity index is 1.88. The molecule has 1 saturated carbocycles. The van der Waals surface area contributed by atoms with Crippen molar-refractivity contribution in [2.24, 2.45) is 0 Å². The summed E-state index contributed by atoms with van der Waals surface area (Å²) in [7, 11) is 0. The first-order chi connectivity index (χ1) is 7.74. The van der Waals surface area contributed by atoms with Crippen molar-refractivity contribution in [2.75, 3.05) is 0 Å². The minimum Gasteiger partial charge on any atom is -0.310 e. The first-order valence-electron chi connectivity index (χ1n) is 6.36. The van der Waals surface area contributed by atoms with Gasteiger partial charge in [0.25, 0.3) is 0 Å². The van der Waals surface area contributed by atoms with Gasteiger partial charge in [-0.05, 0) is 51.5 Å². The van der Waals surface area contributed by atoms with Gasteiger partial charge in [-0.3, -0.25) is 0 Å². The van der Waals surface area contributed by atoms with Gasteiger partial charge < -0.3 is 5.32 Å². The molecule has 2 rings (SSSR count). The third-order valence-corrected chi connectivity index (χ3v) is 3.31.